The summed E-state index contributed by atoms with van der Waals surface area (Å²) in [7, 11) is 0. The summed E-state index contributed by atoms with van der Waals surface area (Å²) >= 11 is 0. The summed E-state index contributed by atoms with van der Waals surface area (Å²) in [5.74, 6) is -0.568. The predicted octanol–water partition coefficient (Wildman–Crippen LogP) is 3.34. The number of fused-ring (bicyclic) bond motifs is 2. The first-order chi connectivity index (χ1) is 14.0. The Morgan fingerprint density at radius 1 is 1.00 bits per heavy atom. The van der Waals surface area contributed by atoms with Crippen molar-refractivity contribution in [3.8, 4) is 0 Å². The molecule has 29 heavy (non-hydrogen) atoms. The quantitative estimate of drug-likeness (QED) is 0.730. The van der Waals surface area contributed by atoms with E-state index in [4.69, 9.17) is 0 Å². The number of aryl methyl sites for hydroxylation is 1. The number of H-pyrrole nitrogens is 1. The predicted molar refractivity (Wildman–Crippen MR) is 103 cm³/mol. The Kier molecular flexibility index (Phi) is 4.34. The van der Waals surface area contributed by atoms with E-state index < -0.39 is 12.0 Å². The van der Waals surface area contributed by atoms with Crippen molar-refractivity contribution < 1.29 is 13.2 Å². The van der Waals surface area contributed by atoms with Crippen LogP contribution in [0.1, 0.15) is 23.6 Å². The number of alkyl halides is 3. The van der Waals surface area contributed by atoms with Crippen molar-refractivity contribution in [1.29, 1.82) is 0 Å². The highest BCUT2D eigenvalue weighted by Crippen LogP contribution is 2.31. The Morgan fingerprint density at radius 2 is 1.79 bits per heavy atom. The van der Waals surface area contributed by atoms with Gasteiger partial charge in [0.15, 0.2) is 0 Å². The molecule has 3 aromatic rings. The zero-order valence-electron chi connectivity index (χ0n) is 15.8. The Labute approximate surface area is 165 Å². The lowest BCUT2D eigenvalue weighted by Gasteiger charge is -2.38. The standard InChI is InChI=1S/C20H21F3N6/c21-20(22,23)19-26-25-18-6-5-15(13-29(18)19)28-9-7-27(8-10-28)12-14-11-24-17-4-2-1-3-16(14)17/h1-4,11,13,24H,5-10,12H2. The van der Waals surface area contributed by atoms with Gasteiger partial charge in [-0.3, -0.25) is 9.47 Å². The van der Waals surface area contributed by atoms with Crippen LogP contribution < -0.4 is 0 Å². The number of hydrogen-bond donors (Lipinski definition) is 1. The third kappa shape index (κ3) is 3.39. The number of hydrogen-bond acceptors (Lipinski definition) is 4. The third-order valence-corrected chi connectivity index (χ3v) is 5.75. The highest BCUT2D eigenvalue weighted by molar-refractivity contribution is 5.82. The molecule has 0 spiro atoms. The molecule has 0 atom stereocenters. The number of piperazine rings is 1. The molecule has 2 aromatic heterocycles. The smallest absolute Gasteiger partial charge is 0.371 e. The lowest BCUT2D eigenvalue weighted by molar-refractivity contribution is -0.146. The summed E-state index contributed by atoms with van der Waals surface area (Å²) in [4.78, 5) is 7.89. The molecular weight excluding hydrogens is 381 g/mol. The van der Waals surface area contributed by atoms with E-state index in [9.17, 15) is 13.2 Å². The summed E-state index contributed by atoms with van der Waals surface area (Å²) < 4.78 is 40.5. The van der Waals surface area contributed by atoms with Gasteiger partial charge < -0.3 is 9.88 Å². The van der Waals surface area contributed by atoms with Crippen LogP contribution in [-0.2, 0) is 19.1 Å². The van der Waals surface area contributed by atoms with Gasteiger partial charge in [-0.1, -0.05) is 18.2 Å². The maximum atomic E-state index is 13.1. The van der Waals surface area contributed by atoms with Gasteiger partial charge in [-0.05, 0) is 18.1 Å². The number of benzene rings is 1. The van der Waals surface area contributed by atoms with Crippen LogP contribution in [0.3, 0.4) is 0 Å². The number of para-hydroxylation sites is 1. The van der Waals surface area contributed by atoms with E-state index in [1.807, 2.05) is 12.1 Å². The van der Waals surface area contributed by atoms with E-state index in [2.05, 4.69) is 43.3 Å². The average Bonchev–Trinajstić information content (AvgIpc) is 3.32. The molecule has 0 bridgehead atoms. The van der Waals surface area contributed by atoms with Crippen LogP contribution >= 0.6 is 0 Å². The number of nitrogens with zero attached hydrogens (tertiary/aromatic N) is 5. The maximum absolute atomic E-state index is 13.1. The van der Waals surface area contributed by atoms with Crippen LogP contribution in [-0.4, -0.2) is 55.7 Å². The van der Waals surface area contributed by atoms with E-state index in [0.717, 1.165) is 48.5 Å². The zero-order chi connectivity index (χ0) is 20.0. The van der Waals surface area contributed by atoms with Crippen molar-refractivity contribution in [3.05, 3.63) is 53.4 Å². The average molecular weight is 402 g/mol. The summed E-state index contributed by atoms with van der Waals surface area (Å²) in [6, 6.07) is 8.26. The van der Waals surface area contributed by atoms with Gasteiger partial charge in [0.05, 0.1) is 0 Å². The number of aromatic nitrogens is 4. The summed E-state index contributed by atoms with van der Waals surface area (Å²) in [6.07, 6.45) is 0.301. The molecule has 0 radical (unpaired) electrons. The highest BCUT2D eigenvalue weighted by atomic mass is 19.4. The Bertz CT molecular complexity index is 1060. The molecule has 1 fully saturated rings. The normalized spacial score (nSPS) is 18.2. The molecule has 0 unspecified atom stereocenters. The molecule has 2 aliphatic rings. The van der Waals surface area contributed by atoms with Crippen LogP contribution in [0.2, 0.25) is 0 Å². The molecule has 2 aliphatic heterocycles. The molecular formula is C20H21F3N6. The lowest BCUT2D eigenvalue weighted by Crippen LogP contribution is -2.45. The van der Waals surface area contributed by atoms with Gasteiger partial charge in [-0.2, -0.15) is 13.2 Å². The van der Waals surface area contributed by atoms with E-state index in [-0.39, 0.29) is 0 Å². The van der Waals surface area contributed by atoms with Gasteiger partial charge in [0.25, 0.3) is 0 Å². The fourth-order valence-electron chi connectivity index (χ4n) is 4.21. The molecule has 0 saturated carbocycles. The largest absolute Gasteiger partial charge is 0.452 e. The van der Waals surface area contributed by atoms with Crippen molar-refractivity contribution >= 4 is 17.1 Å². The first-order valence-corrected chi connectivity index (χ1v) is 9.73. The molecule has 5 rings (SSSR count). The summed E-state index contributed by atoms with van der Waals surface area (Å²) in [5, 5.41) is 8.28. The van der Waals surface area contributed by atoms with Crippen molar-refractivity contribution in [2.45, 2.75) is 25.6 Å². The maximum Gasteiger partial charge on any atom is 0.452 e. The summed E-state index contributed by atoms with van der Waals surface area (Å²) in [6.45, 7) is 4.21. The molecule has 4 heterocycles. The number of rotatable bonds is 3. The minimum absolute atomic E-state index is 0.374. The molecule has 1 N–H and O–H groups in total. The molecule has 0 amide bonds. The third-order valence-electron chi connectivity index (χ3n) is 5.75. The van der Waals surface area contributed by atoms with Gasteiger partial charge in [0.2, 0.25) is 5.82 Å². The summed E-state index contributed by atoms with van der Waals surface area (Å²) in [5.41, 5.74) is 3.34. The van der Waals surface area contributed by atoms with Crippen LogP contribution in [0.5, 0.6) is 0 Å². The first-order valence-electron chi connectivity index (χ1n) is 9.73. The fraction of sp³-hybridized carbons (Fsp3) is 0.400. The fourth-order valence-corrected chi connectivity index (χ4v) is 4.21. The van der Waals surface area contributed by atoms with Crippen molar-refractivity contribution in [3.63, 3.8) is 0 Å². The zero-order valence-corrected chi connectivity index (χ0v) is 15.8. The number of allylic oxidation sites excluding steroid dienone is 1. The van der Waals surface area contributed by atoms with E-state index in [1.54, 1.807) is 6.20 Å². The monoisotopic (exact) mass is 402 g/mol. The first kappa shape index (κ1) is 18.2. The van der Waals surface area contributed by atoms with E-state index in [0.29, 0.717) is 18.7 Å². The Morgan fingerprint density at radius 3 is 2.59 bits per heavy atom. The van der Waals surface area contributed by atoms with Crippen LogP contribution in [0.4, 0.5) is 13.2 Å². The number of nitrogens with one attached hydrogen (secondary N) is 1. The van der Waals surface area contributed by atoms with Gasteiger partial charge in [0, 0.05) is 68.1 Å². The SMILES string of the molecule is FC(F)(F)c1nnc2n1C=C(N1CCN(Cc3c[nH]c4ccccc34)CC1)CC2. The van der Waals surface area contributed by atoms with Gasteiger partial charge in [-0.15, -0.1) is 10.2 Å². The van der Waals surface area contributed by atoms with E-state index in [1.165, 1.54) is 10.9 Å². The number of halogens is 3. The van der Waals surface area contributed by atoms with Crippen LogP contribution in [0, 0.1) is 0 Å². The molecule has 9 heteroatoms. The minimum Gasteiger partial charge on any atom is -0.371 e. The second-order valence-corrected chi connectivity index (χ2v) is 7.55. The van der Waals surface area contributed by atoms with Gasteiger partial charge >= 0.3 is 6.18 Å². The Hall–Kier alpha value is -2.81. The molecule has 6 nitrogen and oxygen atoms in total. The highest BCUT2D eigenvalue weighted by Gasteiger charge is 2.39. The molecule has 0 aliphatic carbocycles. The Balaban J connectivity index is 1.27. The van der Waals surface area contributed by atoms with Crippen LogP contribution in [0.15, 0.2) is 36.2 Å². The molecule has 152 valence electrons. The second-order valence-electron chi connectivity index (χ2n) is 7.55. The lowest BCUT2D eigenvalue weighted by atomic mass is 10.1. The molecule has 1 saturated heterocycles. The van der Waals surface area contributed by atoms with Crippen molar-refractivity contribution in [1.82, 2.24) is 29.5 Å². The minimum atomic E-state index is -4.50. The van der Waals surface area contributed by atoms with Gasteiger partial charge in [-0.25, -0.2) is 0 Å². The topological polar surface area (TPSA) is 53.0 Å². The van der Waals surface area contributed by atoms with Crippen molar-refractivity contribution in [2.75, 3.05) is 26.2 Å². The molecule has 1 aromatic carbocycles. The van der Waals surface area contributed by atoms with Crippen molar-refractivity contribution in [2.24, 2.45) is 0 Å². The second kappa shape index (κ2) is 6.91. The van der Waals surface area contributed by atoms with E-state index >= 15 is 0 Å². The van der Waals surface area contributed by atoms with Crippen LogP contribution in [0.25, 0.3) is 17.1 Å². The number of aromatic amines is 1. The van der Waals surface area contributed by atoms with Gasteiger partial charge in [0.1, 0.15) is 5.82 Å².